The summed E-state index contributed by atoms with van der Waals surface area (Å²) in [7, 11) is -7.64. The van der Waals surface area contributed by atoms with Crippen molar-refractivity contribution in [2.24, 2.45) is 0 Å². The zero-order chi connectivity index (χ0) is 21.4. The lowest BCUT2D eigenvalue weighted by Gasteiger charge is -2.19. The molecule has 0 radical (unpaired) electrons. The highest BCUT2D eigenvalue weighted by atomic mass is 35.5. The van der Waals surface area contributed by atoms with E-state index < -0.39 is 20.0 Å². The highest BCUT2D eigenvalue weighted by Crippen LogP contribution is 2.33. The van der Waals surface area contributed by atoms with Crippen molar-refractivity contribution in [1.29, 1.82) is 0 Å². The molecule has 2 N–H and O–H groups in total. The SMILES string of the molecule is O=S(=O)(Nc1ccc(NS(=O)(=O)c2ccc(Cl)s2)cc1)c1ccc2c(c1)OCCO2. The minimum absolute atomic E-state index is 0.0195. The summed E-state index contributed by atoms with van der Waals surface area (Å²) >= 11 is 6.72. The third-order valence-corrected chi connectivity index (χ3v) is 8.51. The number of ether oxygens (including phenoxy) is 2. The average Bonchev–Trinajstić information content (AvgIpc) is 3.16. The van der Waals surface area contributed by atoms with Crippen LogP contribution in [0.5, 0.6) is 11.5 Å². The fourth-order valence-electron chi connectivity index (χ4n) is 2.66. The van der Waals surface area contributed by atoms with Gasteiger partial charge in [0.05, 0.1) is 9.23 Å². The molecule has 8 nitrogen and oxygen atoms in total. The molecule has 3 aromatic rings. The Balaban J connectivity index is 1.49. The van der Waals surface area contributed by atoms with Crippen LogP contribution in [-0.2, 0) is 20.0 Å². The van der Waals surface area contributed by atoms with Gasteiger partial charge in [0.2, 0.25) is 0 Å². The Bertz CT molecular complexity index is 1290. The molecule has 1 aliphatic heterocycles. The van der Waals surface area contributed by atoms with Crippen molar-refractivity contribution in [2.45, 2.75) is 9.10 Å². The lowest BCUT2D eigenvalue weighted by Crippen LogP contribution is -2.17. The van der Waals surface area contributed by atoms with E-state index in [0.717, 1.165) is 11.3 Å². The highest BCUT2D eigenvalue weighted by Gasteiger charge is 2.20. The van der Waals surface area contributed by atoms with Gasteiger partial charge in [0.1, 0.15) is 17.4 Å². The summed E-state index contributed by atoms with van der Waals surface area (Å²) in [6.07, 6.45) is 0. The lowest BCUT2D eigenvalue weighted by molar-refractivity contribution is 0.171. The molecule has 2 heterocycles. The summed E-state index contributed by atoms with van der Waals surface area (Å²) in [6.45, 7) is 0.756. The van der Waals surface area contributed by atoms with E-state index in [1.807, 2.05) is 0 Å². The van der Waals surface area contributed by atoms with Crippen molar-refractivity contribution < 1.29 is 26.3 Å². The summed E-state index contributed by atoms with van der Waals surface area (Å²) < 4.78 is 66.1. The van der Waals surface area contributed by atoms with Gasteiger partial charge in [-0.3, -0.25) is 9.44 Å². The first kappa shape index (κ1) is 20.8. The van der Waals surface area contributed by atoms with E-state index in [4.69, 9.17) is 21.1 Å². The number of nitrogens with one attached hydrogen (secondary N) is 2. The van der Waals surface area contributed by atoms with Crippen LogP contribution < -0.4 is 18.9 Å². The predicted octanol–water partition coefficient (Wildman–Crippen LogP) is 3.77. The van der Waals surface area contributed by atoms with Crippen molar-refractivity contribution >= 4 is 54.4 Å². The van der Waals surface area contributed by atoms with E-state index in [-0.39, 0.29) is 20.5 Å². The van der Waals surface area contributed by atoms with Crippen LogP contribution in [0.2, 0.25) is 4.34 Å². The third kappa shape index (κ3) is 4.48. The van der Waals surface area contributed by atoms with Crippen LogP contribution >= 0.6 is 22.9 Å². The van der Waals surface area contributed by atoms with E-state index in [0.29, 0.717) is 29.0 Å². The number of hydrogen-bond acceptors (Lipinski definition) is 7. The number of fused-ring (bicyclic) bond motifs is 1. The molecule has 158 valence electrons. The smallest absolute Gasteiger partial charge is 0.271 e. The molecule has 0 aliphatic carbocycles. The second-order valence-electron chi connectivity index (χ2n) is 6.15. The second kappa shape index (κ2) is 7.99. The van der Waals surface area contributed by atoms with Gasteiger partial charge in [0.15, 0.2) is 11.5 Å². The zero-order valence-electron chi connectivity index (χ0n) is 15.2. The van der Waals surface area contributed by atoms with E-state index in [1.165, 1.54) is 54.6 Å². The Kier molecular flexibility index (Phi) is 5.53. The fraction of sp³-hybridized carbons (Fsp3) is 0.111. The molecule has 0 bridgehead atoms. The fourth-order valence-corrected chi connectivity index (χ4v) is 6.27. The molecular formula is C18H15ClN2O6S3. The average molecular weight is 487 g/mol. The van der Waals surface area contributed by atoms with Crippen LogP contribution in [0.15, 0.2) is 63.7 Å². The van der Waals surface area contributed by atoms with Crippen LogP contribution in [0.4, 0.5) is 11.4 Å². The quantitative estimate of drug-likeness (QED) is 0.548. The van der Waals surface area contributed by atoms with Crippen molar-refractivity contribution in [3.8, 4) is 11.5 Å². The van der Waals surface area contributed by atoms with Crippen LogP contribution in [0, 0.1) is 0 Å². The summed E-state index contributed by atoms with van der Waals surface area (Å²) in [6, 6.07) is 13.1. The second-order valence-corrected chi connectivity index (χ2v) is 11.5. The lowest BCUT2D eigenvalue weighted by atomic mass is 10.3. The molecule has 0 spiro atoms. The van der Waals surface area contributed by atoms with Gasteiger partial charge in [-0.2, -0.15) is 0 Å². The van der Waals surface area contributed by atoms with E-state index in [9.17, 15) is 16.8 Å². The number of halogens is 1. The van der Waals surface area contributed by atoms with Gasteiger partial charge < -0.3 is 9.47 Å². The maximum atomic E-state index is 12.7. The van der Waals surface area contributed by atoms with E-state index in [2.05, 4.69) is 9.44 Å². The maximum Gasteiger partial charge on any atom is 0.271 e. The number of sulfonamides is 2. The standard InChI is InChI=1S/C18H15ClN2O6S3/c19-17-7-8-18(28-17)30(24,25)21-13-3-1-12(2-4-13)20-29(22,23)14-5-6-15-16(11-14)27-10-9-26-15/h1-8,11,20-21H,9-10H2. The van der Waals surface area contributed by atoms with Gasteiger partial charge >= 0.3 is 0 Å². The van der Waals surface area contributed by atoms with Gasteiger partial charge in [-0.15, -0.1) is 11.3 Å². The number of anilines is 2. The minimum Gasteiger partial charge on any atom is -0.486 e. The van der Waals surface area contributed by atoms with Gasteiger partial charge in [-0.05, 0) is 48.5 Å². The van der Waals surface area contributed by atoms with Crippen molar-refractivity contribution in [3.05, 3.63) is 58.9 Å². The van der Waals surface area contributed by atoms with Crippen LogP contribution in [0.25, 0.3) is 0 Å². The zero-order valence-corrected chi connectivity index (χ0v) is 18.4. The first-order chi connectivity index (χ1) is 14.2. The topological polar surface area (TPSA) is 111 Å². The Hall–Kier alpha value is -2.47. The molecule has 1 aliphatic rings. The normalized spacial score (nSPS) is 13.6. The molecule has 0 amide bonds. The highest BCUT2D eigenvalue weighted by molar-refractivity contribution is 7.94. The molecule has 0 saturated carbocycles. The Morgan fingerprint density at radius 3 is 1.97 bits per heavy atom. The molecule has 4 rings (SSSR count). The third-order valence-electron chi connectivity index (χ3n) is 4.03. The monoisotopic (exact) mass is 486 g/mol. The Morgan fingerprint density at radius 1 is 0.767 bits per heavy atom. The van der Waals surface area contributed by atoms with Crippen molar-refractivity contribution in [2.75, 3.05) is 22.7 Å². The van der Waals surface area contributed by atoms with Crippen LogP contribution in [-0.4, -0.2) is 30.0 Å². The van der Waals surface area contributed by atoms with Crippen LogP contribution in [0.3, 0.4) is 0 Å². The molecule has 0 unspecified atom stereocenters. The number of thiophene rings is 1. The van der Waals surface area contributed by atoms with Gasteiger partial charge in [0.25, 0.3) is 20.0 Å². The molecule has 30 heavy (non-hydrogen) atoms. The molecule has 0 saturated heterocycles. The molecule has 2 aromatic carbocycles. The maximum absolute atomic E-state index is 12.7. The summed E-state index contributed by atoms with van der Waals surface area (Å²) in [5.41, 5.74) is 0.550. The number of hydrogen-bond donors (Lipinski definition) is 2. The number of benzene rings is 2. The summed E-state index contributed by atoms with van der Waals surface area (Å²) in [5.74, 6) is 0.853. The first-order valence-electron chi connectivity index (χ1n) is 8.54. The molecule has 0 fully saturated rings. The Morgan fingerprint density at radius 2 is 1.37 bits per heavy atom. The molecule has 1 aromatic heterocycles. The van der Waals surface area contributed by atoms with Gasteiger partial charge in [-0.25, -0.2) is 16.8 Å². The van der Waals surface area contributed by atoms with Crippen molar-refractivity contribution in [1.82, 2.24) is 0 Å². The van der Waals surface area contributed by atoms with Crippen molar-refractivity contribution in [3.63, 3.8) is 0 Å². The van der Waals surface area contributed by atoms with Gasteiger partial charge in [-0.1, -0.05) is 11.6 Å². The Labute approximate surface area is 182 Å². The van der Waals surface area contributed by atoms with Crippen LogP contribution in [0.1, 0.15) is 0 Å². The van der Waals surface area contributed by atoms with E-state index in [1.54, 1.807) is 0 Å². The number of rotatable bonds is 6. The van der Waals surface area contributed by atoms with E-state index >= 15 is 0 Å². The molecular weight excluding hydrogens is 472 g/mol. The first-order valence-corrected chi connectivity index (χ1v) is 12.7. The predicted molar refractivity (Wildman–Crippen MR) is 115 cm³/mol. The minimum atomic E-state index is -3.87. The molecule has 0 atom stereocenters. The molecule has 12 heteroatoms. The van der Waals surface area contributed by atoms with Gasteiger partial charge in [0, 0.05) is 17.4 Å². The largest absolute Gasteiger partial charge is 0.486 e. The summed E-state index contributed by atoms with van der Waals surface area (Å²) in [4.78, 5) is 0.0195. The summed E-state index contributed by atoms with van der Waals surface area (Å²) in [5, 5.41) is 0.